The maximum Gasteiger partial charge on any atom is 0.174 e. The second-order valence-electron chi connectivity index (χ2n) is 5.79. The van der Waals surface area contributed by atoms with Crippen molar-refractivity contribution in [2.45, 2.75) is 13.2 Å². The van der Waals surface area contributed by atoms with Gasteiger partial charge in [0.1, 0.15) is 19.0 Å². The third kappa shape index (κ3) is 4.86. The van der Waals surface area contributed by atoms with Crippen LogP contribution < -0.4 is 10.5 Å². The lowest BCUT2D eigenvalue weighted by Gasteiger charge is -2.11. The summed E-state index contributed by atoms with van der Waals surface area (Å²) in [6.45, 7) is 0.596. The molecule has 134 valence electrons. The van der Waals surface area contributed by atoms with E-state index in [2.05, 4.69) is 11.2 Å². The van der Waals surface area contributed by atoms with Crippen LogP contribution in [-0.2, 0) is 18.1 Å². The largest absolute Gasteiger partial charge is 0.488 e. The Labute approximate surface area is 158 Å². The van der Waals surface area contributed by atoms with Crippen LogP contribution in [0.25, 0.3) is 0 Å². The molecule has 0 aliphatic rings. The molecule has 0 bridgehead atoms. The zero-order valence-electron chi connectivity index (χ0n) is 14.7. The molecule has 0 heterocycles. The maximum absolute atomic E-state index is 9.11. The number of nitrogens with two attached hydrogens (primary N) is 1. The number of oxime groups is 1. The van der Waals surface area contributed by atoms with Crippen molar-refractivity contribution < 1.29 is 9.57 Å². The lowest BCUT2D eigenvalue weighted by atomic mass is 10.1. The van der Waals surface area contributed by atoms with Gasteiger partial charge >= 0.3 is 0 Å². The van der Waals surface area contributed by atoms with Crippen LogP contribution in [0.2, 0.25) is 0 Å². The van der Waals surface area contributed by atoms with E-state index >= 15 is 0 Å². The third-order valence-electron chi connectivity index (χ3n) is 3.92. The van der Waals surface area contributed by atoms with Crippen LogP contribution in [0.1, 0.15) is 22.3 Å². The molecular weight excluding hydrogens is 338 g/mol. The molecular formula is C22H19N3O2. The minimum atomic E-state index is 0.164. The molecule has 0 aromatic heterocycles. The number of amidine groups is 1. The average Bonchev–Trinajstić information content (AvgIpc) is 2.73. The van der Waals surface area contributed by atoms with E-state index in [4.69, 9.17) is 20.6 Å². The third-order valence-corrected chi connectivity index (χ3v) is 3.92. The van der Waals surface area contributed by atoms with Crippen molar-refractivity contribution >= 4 is 5.84 Å². The fourth-order valence-electron chi connectivity index (χ4n) is 2.52. The van der Waals surface area contributed by atoms with Gasteiger partial charge in [-0.05, 0) is 23.8 Å². The summed E-state index contributed by atoms with van der Waals surface area (Å²) in [7, 11) is 0. The van der Waals surface area contributed by atoms with Gasteiger partial charge in [0.25, 0.3) is 0 Å². The van der Waals surface area contributed by atoms with Crippen LogP contribution in [0.15, 0.2) is 84.0 Å². The van der Waals surface area contributed by atoms with Gasteiger partial charge in [-0.1, -0.05) is 65.8 Å². The average molecular weight is 357 g/mol. The zero-order valence-corrected chi connectivity index (χ0v) is 14.7. The summed E-state index contributed by atoms with van der Waals surface area (Å²) >= 11 is 0. The maximum atomic E-state index is 9.11. The fraction of sp³-hybridized carbons (Fsp3) is 0.0909. The molecule has 0 atom stereocenters. The lowest BCUT2D eigenvalue weighted by molar-refractivity contribution is 0.130. The monoisotopic (exact) mass is 357 g/mol. The summed E-state index contributed by atoms with van der Waals surface area (Å²) in [5.41, 5.74) is 9.10. The van der Waals surface area contributed by atoms with Crippen LogP contribution in [0.3, 0.4) is 0 Å². The highest BCUT2D eigenvalue weighted by Gasteiger charge is 2.08. The molecule has 5 heteroatoms. The van der Waals surface area contributed by atoms with E-state index in [1.54, 1.807) is 12.1 Å². The minimum Gasteiger partial charge on any atom is -0.488 e. The van der Waals surface area contributed by atoms with Crippen molar-refractivity contribution in [2.75, 3.05) is 0 Å². The van der Waals surface area contributed by atoms with Crippen LogP contribution in [0, 0.1) is 11.3 Å². The summed E-state index contributed by atoms with van der Waals surface area (Å²) in [6.07, 6.45) is 0. The van der Waals surface area contributed by atoms with Gasteiger partial charge in [-0.25, -0.2) is 0 Å². The summed E-state index contributed by atoms with van der Waals surface area (Å²) in [4.78, 5) is 5.35. The van der Waals surface area contributed by atoms with Crippen molar-refractivity contribution in [3.8, 4) is 11.8 Å². The quantitative estimate of drug-likeness (QED) is 0.394. The molecule has 0 amide bonds. The Balaban J connectivity index is 1.68. The molecule has 0 unspecified atom stereocenters. The van der Waals surface area contributed by atoms with Crippen molar-refractivity contribution in [1.82, 2.24) is 0 Å². The molecule has 3 aromatic carbocycles. The molecule has 2 N–H and O–H groups in total. The first-order chi connectivity index (χ1) is 13.3. The van der Waals surface area contributed by atoms with Gasteiger partial charge in [0.05, 0.1) is 17.2 Å². The predicted molar refractivity (Wildman–Crippen MR) is 104 cm³/mol. The van der Waals surface area contributed by atoms with Gasteiger partial charge < -0.3 is 15.3 Å². The molecule has 0 aliphatic heterocycles. The first-order valence-corrected chi connectivity index (χ1v) is 8.47. The summed E-state index contributed by atoms with van der Waals surface area (Å²) in [5.74, 6) is 0.844. The van der Waals surface area contributed by atoms with Gasteiger partial charge in [-0.2, -0.15) is 5.26 Å². The lowest BCUT2D eigenvalue weighted by Crippen LogP contribution is -2.15. The zero-order chi connectivity index (χ0) is 18.9. The highest BCUT2D eigenvalue weighted by molar-refractivity contribution is 5.99. The topological polar surface area (TPSA) is 80.6 Å². The Bertz CT molecular complexity index is 963. The molecule has 3 rings (SSSR count). The van der Waals surface area contributed by atoms with Crippen LogP contribution in [0.4, 0.5) is 0 Å². The van der Waals surface area contributed by atoms with Crippen LogP contribution >= 0.6 is 0 Å². The molecule has 27 heavy (non-hydrogen) atoms. The second kappa shape index (κ2) is 9.07. The molecule has 3 aromatic rings. The fourth-order valence-corrected chi connectivity index (χ4v) is 2.52. The Morgan fingerprint density at radius 2 is 1.59 bits per heavy atom. The number of hydrogen-bond donors (Lipinski definition) is 1. The van der Waals surface area contributed by atoms with Gasteiger partial charge in [-0.3, -0.25) is 0 Å². The molecule has 0 aliphatic carbocycles. The van der Waals surface area contributed by atoms with Crippen molar-refractivity contribution in [2.24, 2.45) is 10.9 Å². The van der Waals surface area contributed by atoms with Crippen LogP contribution in [0.5, 0.6) is 5.75 Å². The van der Waals surface area contributed by atoms with E-state index in [1.165, 1.54) is 0 Å². The minimum absolute atomic E-state index is 0.164. The normalized spacial score (nSPS) is 10.9. The number of ether oxygens (including phenoxy) is 1. The highest BCUT2D eigenvalue weighted by Crippen LogP contribution is 2.19. The number of nitriles is 1. The van der Waals surface area contributed by atoms with E-state index in [9.17, 15) is 0 Å². The Morgan fingerprint density at radius 1 is 0.889 bits per heavy atom. The molecule has 0 fully saturated rings. The number of rotatable bonds is 7. The van der Waals surface area contributed by atoms with E-state index in [0.29, 0.717) is 23.5 Å². The van der Waals surface area contributed by atoms with E-state index in [1.807, 2.05) is 66.7 Å². The molecule has 0 saturated heterocycles. The van der Waals surface area contributed by atoms with Crippen molar-refractivity contribution in [3.63, 3.8) is 0 Å². The predicted octanol–water partition coefficient (Wildman–Crippen LogP) is 3.97. The van der Waals surface area contributed by atoms with Gasteiger partial charge in [-0.15, -0.1) is 0 Å². The summed E-state index contributed by atoms with van der Waals surface area (Å²) in [6, 6.07) is 26.6. The van der Waals surface area contributed by atoms with E-state index < -0.39 is 0 Å². The SMILES string of the molecule is N#Cc1ccccc1CON=C(N)c1ccccc1OCc1ccccc1. The molecule has 0 radical (unpaired) electrons. The second-order valence-corrected chi connectivity index (χ2v) is 5.79. The van der Waals surface area contributed by atoms with Crippen molar-refractivity contribution in [1.29, 1.82) is 5.26 Å². The summed E-state index contributed by atoms with van der Waals surface area (Å²) < 4.78 is 5.89. The Morgan fingerprint density at radius 3 is 2.41 bits per heavy atom. The standard InChI is InChI=1S/C22H19N3O2/c23-14-18-10-4-5-11-19(18)16-27-25-22(24)20-12-6-7-13-21(20)26-15-17-8-2-1-3-9-17/h1-13H,15-16H2,(H2,24,25). The van der Waals surface area contributed by atoms with Gasteiger partial charge in [0, 0.05) is 5.56 Å². The number of hydrogen-bond acceptors (Lipinski definition) is 4. The first kappa shape index (κ1) is 18.0. The van der Waals surface area contributed by atoms with Crippen LogP contribution in [-0.4, -0.2) is 5.84 Å². The van der Waals surface area contributed by atoms with E-state index in [-0.39, 0.29) is 12.4 Å². The number of para-hydroxylation sites is 1. The van der Waals surface area contributed by atoms with Gasteiger partial charge in [0.2, 0.25) is 0 Å². The van der Waals surface area contributed by atoms with Gasteiger partial charge in [0.15, 0.2) is 5.84 Å². The number of nitrogens with zero attached hydrogens (tertiary/aromatic N) is 2. The van der Waals surface area contributed by atoms with Crippen molar-refractivity contribution in [3.05, 3.63) is 101 Å². The molecule has 0 saturated carbocycles. The summed E-state index contributed by atoms with van der Waals surface area (Å²) in [5, 5.41) is 13.1. The van der Waals surface area contributed by atoms with E-state index in [0.717, 1.165) is 11.1 Å². The first-order valence-electron chi connectivity index (χ1n) is 8.47. The Hall–Kier alpha value is -3.78. The number of benzene rings is 3. The Kier molecular flexibility index (Phi) is 6.05. The molecule has 0 spiro atoms. The smallest absolute Gasteiger partial charge is 0.174 e. The highest BCUT2D eigenvalue weighted by atomic mass is 16.6. The molecule has 5 nitrogen and oxygen atoms in total.